The van der Waals surface area contributed by atoms with Crippen LogP contribution in [0, 0.1) is 11.6 Å². The van der Waals surface area contributed by atoms with E-state index >= 15 is 0 Å². The van der Waals surface area contributed by atoms with Crippen molar-refractivity contribution in [3.63, 3.8) is 0 Å². The number of rotatable bonds is 7. The summed E-state index contributed by atoms with van der Waals surface area (Å²) >= 11 is 0. The predicted molar refractivity (Wildman–Crippen MR) is 133 cm³/mol. The fraction of sp³-hybridized carbons (Fsp3) is 0.267. The van der Waals surface area contributed by atoms with Gasteiger partial charge >= 0.3 is 0 Å². The van der Waals surface area contributed by atoms with E-state index in [2.05, 4.69) is 48.6 Å². The van der Waals surface area contributed by atoms with E-state index in [0.29, 0.717) is 24.0 Å². The van der Waals surface area contributed by atoms with Gasteiger partial charge in [-0.15, -0.1) is 0 Å². The summed E-state index contributed by atoms with van der Waals surface area (Å²) in [5.74, 6) is 0.585. The Balaban J connectivity index is 1.20. The van der Waals surface area contributed by atoms with Crippen molar-refractivity contribution in [3.8, 4) is 5.75 Å². The topological polar surface area (TPSA) is 21.3 Å². The molecular weight excluding hydrogens is 428 g/mol. The van der Waals surface area contributed by atoms with Crippen molar-refractivity contribution in [2.24, 2.45) is 0 Å². The minimum atomic E-state index is -0.417. The molecule has 34 heavy (non-hydrogen) atoms. The first-order chi connectivity index (χ1) is 16.6. The van der Waals surface area contributed by atoms with E-state index in [-0.39, 0.29) is 11.9 Å². The molecule has 0 radical (unpaired) electrons. The molecule has 4 heteroatoms. The van der Waals surface area contributed by atoms with Crippen LogP contribution < -0.4 is 10.1 Å². The summed E-state index contributed by atoms with van der Waals surface area (Å²) in [4.78, 5) is 0. The molecule has 1 N–H and O–H groups in total. The molecule has 2 nitrogen and oxygen atoms in total. The van der Waals surface area contributed by atoms with E-state index in [1.54, 1.807) is 6.07 Å². The molecule has 3 atom stereocenters. The van der Waals surface area contributed by atoms with Gasteiger partial charge in [-0.3, -0.25) is 0 Å². The average molecular weight is 458 g/mol. The van der Waals surface area contributed by atoms with Crippen molar-refractivity contribution in [1.82, 2.24) is 5.32 Å². The van der Waals surface area contributed by atoms with Gasteiger partial charge in [-0.2, -0.15) is 0 Å². The number of hydrogen-bond acceptors (Lipinski definition) is 2. The molecule has 1 saturated carbocycles. The second-order valence-electron chi connectivity index (χ2n) is 9.27. The van der Waals surface area contributed by atoms with Crippen LogP contribution in [0.5, 0.6) is 5.75 Å². The molecule has 0 aliphatic heterocycles. The summed E-state index contributed by atoms with van der Waals surface area (Å²) in [6.45, 7) is 2.67. The van der Waals surface area contributed by atoms with Crippen LogP contribution >= 0.6 is 0 Å². The molecule has 0 unspecified atom stereocenters. The number of hydrogen-bond donors (Lipinski definition) is 1. The van der Waals surface area contributed by atoms with Gasteiger partial charge in [0.2, 0.25) is 0 Å². The molecule has 0 heterocycles. The average Bonchev–Trinajstić information content (AvgIpc) is 3.32. The van der Waals surface area contributed by atoms with Crippen molar-refractivity contribution in [2.75, 3.05) is 0 Å². The van der Waals surface area contributed by atoms with Crippen LogP contribution in [0.3, 0.4) is 0 Å². The van der Waals surface area contributed by atoms with E-state index in [0.717, 1.165) is 41.5 Å². The van der Waals surface area contributed by atoms with Crippen molar-refractivity contribution >= 4 is 10.8 Å². The third-order valence-electron chi connectivity index (χ3n) is 6.94. The van der Waals surface area contributed by atoms with Gasteiger partial charge in [0.15, 0.2) is 0 Å². The fourth-order valence-corrected chi connectivity index (χ4v) is 5.14. The highest BCUT2D eigenvalue weighted by atomic mass is 19.1. The molecule has 5 rings (SSSR count). The quantitative estimate of drug-likeness (QED) is 0.307. The third-order valence-corrected chi connectivity index (χ3v) is 6.94. The van der Waals surface area contributed by atoms with Crippen LogP contribution in [0.25, 0.3) is 10.8 Å². The van der Waals surface area contributed by atoms with Crippen molar-refractivity contribution < 1.29 is 13.5 Å². The Hall–Kier alpha value is -3.24. The van der Waals surface area contributed by atoms with Crippen LogP contribution in [0.15, 0.2) is 84.9 Å². The van der Waals surface area contributed by atoms with Crippen LogP contribution in [0.1, 0.15) is 54.8 Å². The van der Waals surface area contributed by atoms with Crippen LogP contribution in [0.4, 0.5) is 8.78 Å². The lowest BCUT2D eigenvalue weighted by Crippen LogP contribution is -2.29. The second-order valence-corrected chi connectivity index (χ2v) is 9.27. The molecule has 4 aromatic rings. The molecule has 0 saturated heterocycles. The van der Waals surface area contributed by atoms with Gasteiger partial charge in [0.25, 0.3) is 0 Å². The number of halogens is 2. The molecule has 0 amide bonds. The largest absolute Gasteiger partial charge is 0.489 e. The highest BCUT2D eigenvalue weighted by Gasteiger charge is 2.27. The zero-order chi connectivity index (χ0) is 23.5. The molecule has 0 aromatic heterocycles. The Morgan fingerprint density at radius 1 is 0.882 bits per heavy atom. The standard InChI is InChI=1S/C30H29F2NO/c1-20(27-15-16-30(32)29-18-24(31)10-14-28(27)29)33-25-11-7-23(17-25)22-8-12-26(13-9-22)34-19-21-5-3-2-4-6-21/h2-6,8-10,12-16,18,20,23,25,33H,7,11,17,19H2,1H3/t20-,23-,25+/m1/s1. The Labute approximate surface area is 199 Å². The molecule has 0 bridgehead atoms. The van der Waals surface area contributed by atoms with Crippen LogP contribution in [0.2, 0.25) is 0 Å². The maximum Gasteiger partial charge on any atom is 0.131 e. The van der Waals surface area contributed by atoms with Crippen LogP contribution in [-0.4, -0.2) is 6.04 Å². The summed E-state index contributed by atoms with van der Waals surface area (Å²) < 4.78 is 33.8. The number of benzene rings is 4. The zero-order valence-corrected chi connectivity index (χ0v) is 19.3. The zero-order valence-electron chi connectivity index (χ0n) is 19.3. The molecule has 1 aliphatic carbocycles. The summed E-state index contributed by atoms with van der Waals surface area (Å²) in [6.07, 6.45) is 3.28. The highest BCUT2D eigenvalue weighted by molar-refractivity contribution is 5.86. The Kier molecular flexibility index (Phi) is 6.59. The fourth-order valence-electron chi connectivity index (χ4n) is 5.14. The lowest BCUT2D eigenvalue weighted by atomic mass is 9.96. The van der Waals surface area contributed by atoms with Gasteiger partial charge < -0.3 is 10.1 Å². The molecule has 4 aromatic carbocycles. The van der Waals surface area contributed by atoms with E-state index in [1.807, 2.05) is 24.3 Å². The molecule has 1 aliphatic rings. The molecule has 0 spiro atoms. The summed E-state index contributed by atoms with van der Waals surface area (Å²) in [6, 6.07) is 26.7. The lowest BCUT2D eigenvalue weighted by Gasteiger charge is -2.22. The summed E-state index contributed by atoms with van der Waals surface area (Å²) in [7, 11) is 0. The third kappa shape index (κ3) is 4.97. The minimum Gasteiger partial charge on any atom is -0.489 e. The van der Waals surface area contributed by atoms with Gasteiger partial charge in [0.05, 0.1) is 0 Å². The molecule has 1 fully saturated rings. The maximum absolute atomic E-state index is 14.2. The predicted octanol–water partition coefficient (Wildman–Crippen LogP) is 7.68. The first-order valence-electron chi connectivity index (χ1n) is 12.0. The Bertz CT molecular complexity index is 1260. The SMILES string of the molecule is C[C@@H](N[C@H]1CC[C@@H](c2ccc(OCc3ccccc3)cc2)C1)c1ccc(F)c2cc(F)ccc12. The number of fused-ring (bicyclic) bond motifs is 1. The van der Waals surface area contributed by atoms with Crippen LogP contribution in [-0.2, 0) is 6.61 Å². The second kappa shape index (κ2) is 9.94. The van der Waals surface area contributed by atoms with Gasteiger partial charge in [0, 0.05) is 17.5 Å². The monoisotopic (exact) mass is 457 g/mol. The number of ether oxygens (including phenoxy) is 1. The number of nitrogens with one attached hydrogen (secondary N) is 1. The minimum absolute atomic E-state index is 0.0473. The maximum atomic E-state index is 14.2. The summed E-state index contributed by atoms with van der Waals surface area (Å²) in [5.41, 5.74) is 3.50. The van der Waals surface area contributed by atoms with Gasteiger partial charge in [0.1, 0.15) is 24.0 Å². The van der Waals surface area contributed by atoms with Crippen molar-refractivity contribution in [3.05, 3.63) is 113 Å². The molecule has 174 valence electrons. The normalized spacial score (nSPS) is 18.8. The molecular formula is C30H29F2NO. The van der Waals surface area contributed by atoms with Crippen molar-refractivity contribution in [2.45, 2.75) is 50.8 Å². The van der Waals surface area contributed by atoms with E-state index in [9.17, 15) is 8.78 Å². The Morgan fingerprint density at radius 2 is 1.68 bits per heavy atom. The first-order valence-corrected chi connectivity index (χ1v) is 12.0. The van der Waals surface area contributed by atoms with E-state index in [4.69, 9.17) is 4.74 Å². The highest BCUT2D eigenvalue weighted by Crippen LogP contribution is 2.37. The summed E-state index contributed by atoms with van der Waals surface area (Å²) in [5, 5.41) is 4.83. The first kappa shape index (κ1) is 22.5. The Morgan fingerprint density at radius 3 is 2.47 bits per heavy atom. The van der Waals surface area contributed by atoms with E-state index < -0.39 is 5.82 Å². The lowest BCUT2D eigenvalue weighted by molar-refractivity contribution is 0.306. The smallest absolute Gasteiger partial charge is 0.131 e. The van der Waals surface area contributed by atoms with Gasteiger partial charge in [-0.1, -0.05) is 54.6 Å². The van der Waals surface area contributed by atoms with Crippen molar-refractivity contribution in [1.29, 1.82) is 0 Å². The van der Waals surface area contributed by atoms with E-state index in [1.165, 1.54) is 23.8 Å². The van der Waals surface area contributed by atoms with Gasteiger partial charge in [-0.05, 0) is 84.5 Å². The van der Waals surface area contributed by atoms with Gasteiger partial charge in [-0.25, -0.2) is 8.78 Å².